The largest absolute Gasteiger partial charge is 0.303 e. The van der Waals surface area contributed by atoms with E-state index in [1.165, 1.54) is 11.8 Å². The number of carbonyl (C=O) groups excluding carboxylic acids is 1. The van der Waals surface area contributed by atoms with E-state index >= 15 is 0 Å². The normalized spacial score (nSPS) is 27.8. The minimum Gasteiger partial charge on any atom is -0.303 e. The van der Waals surface area contributed by atoms with Crippen molar-refractivity contribution in [3.63, 3.8) is 0 Å². The number of aldehydes is 1. The molecular formula is C13H16O3S. The lowest BCUT2D eigenvalue weighted by Gasteiger charge is -2.01. The van der Waals surface area contributed by atoms with E-state index in [0.29, 0.717) is 0 Å². The van der Waals surface area contributed by atoms with Crippen molar-refractivity contribution in [3.05, 3.63) is 35.4 Å². The molecule has 0 unspecified atom stereocenters. The number of sulfone groups is 1. The van der Waals surface area contributed by atoms with E-state index in [-0.39, 0.29) is 11.8 Å². The van der Waals surface area contributed by atoms with Crippen molar-refractivity contribution in [3.8, 4) is 0 Å². The summed E-state index contributed by atoms with van der Waals surface area (Å²) in [7, 11) is -3.14. The second-order valence-electron chi connectivity index (χ2n) is 4.63. The predicted octanol–water partition coefficient (Wildman–Crippen LogP) is 1.57. The van der Waals surface area contributed by atoms with Gasteiger partial charge in [0.15, 0.2) is 9.84 Å². The fourth-order valence-electron chi connectivity index (χ4n) is 2.41. The fraction of sp³-hybridized carbons (Fsp3) is 0.462. The number of rotatable bonds is 4. The van der Waals surface area contributed by atoms with Gasteiger partial charge in [0.05, 0.1) is 5.25 Å². The molecule has 4 heteroatoms. The van der Waals surface area contributed by atoms with Crippen LogP contribution in [0, 0.1) is 5.92 Å². The van der Waals surface area contributed by atoms with E-state index in [9.17, 15) is 13.2 Å². The van der Waals surface area contributed by atoms with Crippen LogP contribution >= 0.6 is 0 Å². The summed E-state index contributed by atoms with van der Waals surface area (Å²) in [6, 6.07) is 7.86. The number of aryl methyl sites for hydroxylation is 1. The molecule has 0 aliphatic heterocycles. The molecule has 0 amide bonds. The van der Waals surface area contributed by atoms with Crippen LogP contribution in [0.3, 0.4) is 0 Å². The monoisotopic (exact) mass is 252 g/mol. The van der Waals surface area contributed by atoms with E-state index in [2.05, 4.69) is 6.92 Å². The Bertz CT molecular complexity index is 516. The van der Waals surface area contributed by atoms with E-state index in [1.54, 1.807) is 0 Å². The maximum absolute atomic E-state index is 11.5. The third-order valence-electron chi connectivity index (χ3n) is 3.43. The summed E-state index contributed by atoms with van der Waals surface area (Å²) in [5.41, 5.74) is 2.17. The highest BCUT2D eigenvalue weighted by Crippen LogP contribution is 2.50. The Morgan fingerprint density at radius 3 is 2.18 bits per heavy atom. The first-order valence-electron chi connectivity index (χ1n) is 5.72. The molecule has 0 radical (unpaired) electrons. The first-order chi connectivity index (χ1) is 7.99. The van der Waals surface area contributed by atoms with Gasteiger partial charge in [0.2, 0.25) is 0 Å². The van der Waals surface area contributed by atoms with Crippen LogP contribution in [0.15, 0.2) is 24.3 Å². The van der Waals surface area contributed by atoms with Crippen molar-refractivity contribution in [2.24, 2.45) is 5.92 Å². The second kappa shape index (κ2) is 4.26. The first-order valence-corrected chi connectivity index (χ1v) is 7.67. The molecule has 0 bridgehead atoms. The van der Waals surface area contributed by atoms with Crippen molar-refractivity contribution in [1.82, 2.24) is 0 Å². The first kappa shape index (κ1) is 12.3. The summed E-state index contributed by atoms with van der Waals surface area (Å²) < 4.78 is 23.0. The molecule has 92 valence electrons. The Morgan fingerprint density at radius 1 is 1.24 bits per heavy atom. The summed E-state index contributed by atoms with van der Waals surface area (Å²) in [4.78, 5) is 10.9. The Labute approximate surface area is 102 Å². The molecule has 1 aliphatic carbocycles. The van der Waals surface area contributed by atoms with Crippen molar-refractivity contribution in [2.45, 2.75) is 24.5 Å². The third kappa shape index (κ3) is 2.27. The lowest BCUT2D eigenvalue weighted by Crippen LogP contribution is -2.07. The minimum absolute atomic E-state index is 0.145. The zero-order chi connectivity index (χ0) is 12.6. The molecule has 1 saturated carbocycles. The average Bonchev–Trinajstić information content (AvgIpc) is 3.03. The van der Waals surface area contributed by atoms with Gasteiger partial charge in [0.1, 0.15) is 6.29 Å². The molecule has 1 aliphatic rings. The molecule has 17 heavy (non-hydrogen) atoms. The van der Waals surface area contributed by atoms with E-state index in [1.807, 2.05) is 24.3 Å². The lowest BCUT2D eigenvalue weighted by molar-refractivity contribution is -0.108. The highest BCUT2D eigenvalue weighted by atomic mass is 32.2. The highest BCUT2D eigenvalue weighted by molar-refractivity contribution is 7.91. The van der Waals surface area contributed by atoms with Gasteiger partial charge in [-0.3, -0.25) is 0 Å². The van der Waals surface area contributed by atoms with Crippen LogP contribution < -0.4 is 0 Å². The van der Waals surface area contributed by atoms with Gasteiger partial charge >= 0.3 is 0 Å². The van der Waals surface area contributed by atoms with Gasteiger partial charge in [-0.1, -0.05) is 31.2 Å². The summed E-state index contributed by atoms with van der Waals surface area (Å²) >= 11 is 0. The summed E-state index contributed by atoms with van der Waals surface area (Å²) in [5.74, 6) is -0.508. The summed E-state index contributed by atoms with van der Waals surface area (Å²) in [5, 5.41) is -0.521. The summed E-state index contributed by atoms with van der Waals surface area (Å²) in [6.45, 7) is 2.07. The van der Waals surface area contributed by atoms with Gasteiger partial charge in [0.25, 0.3) is 0 Å². The standard InChI is InChI=1S/C13H16O3S/c1-3-9-4-6-10(7-5-9)12-11(8-14)13(12)17(2,15)16/h4-8,11-13H,3H2,1-2H3/t11-,12+,13+/m0/s1. The van der Waals surface area contributed by atoms with Crippen LogP contribution in [-0.4, -0.2) is 26.2 Å². The van der Waals surface area contributed by atoms with Crippen LogP contribution in [0.2, 0.25) is 0 Å². The number of carbonyl (C=O) groups is 1. The molecule has 0 aromatic heterocycles. The molecular weight excluding hydrogens is 236 g/mol. The van der Waals surface area contributed by atoms with Crippen molar-refractivity contribution in [2.75, 3.05) is 6.26 Å². The van der Waals surface area contributed by atoms with Crippen LogP contribution in [0.4, 0.5) is 0 Å². The molecule has 0 heterocycles. The zero-order valence-electron chi connectivity index (χ0n) is 9.96. The second-order valence-corrected chi connectivity index (χ2v) is 6.83. The molecule has 2 rings (SSSR count). The predicted molar refractivity (Wildman–Crippen MR) is 66.7 cm³/mol. The van der Waals surface area contributed by atoms with E-state index in [0.717, 1.165) is 18.3 Å². The Balaban J connectivity index is 2.26. The lowest BCUT2D eigenvalue weighted by atomic mass is 10.1. The SMILES string of the molecule is CCc1ccc([C@@H]2[C@H](C=O)[C@H]2S(C)(=O)=O)cc1. The summed E-state index contributed by atoms with van der Waals surface area (Å²) in [6.07, 6.45) is 2.93. The maximum Gasteiger partial charge on any atom is 0.151 e. The van der Waals surface area contributed by atoms with Gasteiger partial charge in [-0.25, -0.2) is 8.42 Å². The Hall–Kier alpha value is -1.16. The van der Waals surface area contributed by atoms with Crippen LogP contribution in [0.1, 0.15) is 24.0 Å². The topological polar surface area (TPSA) is 51.2 Å². The molecule has 3 nitrogen and oxygen atoms in total. The Kier molecular flexibility index (Phi) is 3.08. The van der Waals surface area contributed by atoms with Crippen molar-refractivity contribution < 1.29 is 13.2 Å². The van der Waals surface area contributed by atoms with Crippen LogP contribution in [-0.2, 0) is 21.1 Å². The highest BCUT2D eigenvalue weighted by Gasteiger charge is 2.57. The number of hydrogen-bond acceptors (Lipinski definition) is 3. The van der Waals surface area contributed by atoms with Crippen LogP contribution in [0.5, 0.6) is 0 Å². The molecule has 0 spiro atoms. The van der Waals surface area contributed by atoms with E-state index < -0.39 is 15.1 Å². The number of benzene rings is 1. The third-order valence-corrected chi connectivity index (χ3v) is 5.03. The van der Waals surface area contributed by atoms with E-state index in [4.69, 9.17) is 0 Å². The van der Waals surface area contributed by atoms with Crippen LogP contribution in [0.25, 0.3) is 0 Å². The smallest absolute Gasteiger partial charge is 0.151 e. The molecule has 0 N–H and O–H groups in total. The number of hydrogen-bond donors (Lipinski definition) is 0. The maximum atomic E-state index is 11.5. The quantitative estimate of drug-likeness (QED) is 0.764. The molecule has 3 atom stereocenters. The van der Waals surface area contributed by atoms with Crippen molar-refractivity contribution in [1.29, 1.82) is 0 Å². The average molecular weight is 252 g/mol. The zero-order valence-corrected chi connectivity index (χ0v) is 10.8. The van der Waals surface area contributed by atoms with Gasteiger partial charge < -0.3 is 4.79 Å². The van der Waals surface area contributed by atoms with Gasteiger partial charge in [-0.15, -0.1) is 0 Å². The molecule has 1 fully saturated rings. The van der Waals surface area contributed by atoms with Gasteiger partial charge in [-0.2, -0.15) is 0 Å². The minimum atomic E-state index is -3.14. The fourth-order valence-corrected chi connectivity index (χ4v) is 3.99. The molecule has 1 aromatic carbocycles. The molecule has 0 saturated heterocycles. The van der Waals surface area contributed by atoms with Gasteiger partial charge in [0, 0.05) is 18.1 Å². The molecule has 1 aromatic rings. The van der Waals surface area contributed by atoms with Gasteiger partial charge in [-0.05, 0) is 17.5 Å². The van der Waals surface area contributed by atoms with Crippen molar-refractivity contribution >= 4 is 16.1 Å². The Morgan fingerprint density at radius 2 is 1.82 bits per heavy atom.